The van der Waals surface area contributed by atoms with Crippen molar-refractivity contribution in [2.75, 3.05) is 17.3 Å². The van der Waals surface area contributed by atoms with Crippen LogP contribution in [0, 0.1) is 5.82 Å². The van der Waals surface area contributed by atoms with E-state index in [1.807, 2.05) is 18.2 Å². The smallest absolute Gasteiger partial charge is 0.282 e. The molecule has 0 aliphatic carbocycles. The number of amides is 2. The Morgan fingerprint density at radius 1 is 0.933 bits per heavy atom. The first kappa shape index (κ1) is 19.7. The number of nitrogens with one attached hydrogen (secondary N) is 1. The molecular weight excluding hydrogens is 407 g/mol. The number of hydrogen-bond acceptors (Lipinski definition) is 4. The van der Waals surface area contributed by atoms with E-state index in [2.05, 4.69) is 5.32 Å². The second-order valence-corrected chi connectivity index (χ2v) is 6.89. The Kier molecular flexibility index (Phi) is 5.25. The predicted molar refractivity (Wildman–Crippen MR) is 114 cm³/mol. The van der Waals surface area contributed by atoms with Crippen molar-refractivity contribution in [2.45, 2.75) is 0 Å². The molecule has 5 nitrogen and oxygen atoms in total. The van der Waals surface area contributed by atoms with Crippen LogP contribution in [0.5, 0.6) is 5.75 Å². The van der Waals surface area contributed by atoms with Gasteiger partial charge in [-0.1, -0.05) is 48.0 Å². The number of ether oxygens (including phenoxy) is 1. The van der Waals surface area contributed by atoms with E-state index >= 15 is 0 Å². The summed E-state index contributed by atoms with van der Waals surface area (Å²) in [6.07, 6.45) is 0. The lowest BCUT2D eigenvalue weighted by Gasteiger charge is -2.16. The highest BCUT2D eigenvalue weighted by Crippen LogP contribution is 2.38. The average Bonchev–Trinajstić information content (AvgIpc) is 3.00. The molecular formula is C23H16ClFN2O3. The molecule has 0 unspecified atom stereocenters. The van der Waals surface area contributed by atoms with Crippen LogP contribution in [0.25, 0.3) is 5.57 Å². The highest BCUT2D eigenvalue weighted by molar-refractivity contribution is 6.46. The fourth-order valence-corrected chi connectivity index (χ4v) is 3.45. The van der Waals surface area contributed by atoms with E-state index in [1.54, 1.807) is 36.4 Å². The highest BCUT2D eigenvalue weighted by atomic mass is 35.5. The summed E-state index contributed by atoms with van der Waals surface area (Å²) in [5.41, 5.74) is 1.53. The Morgan fingerprint density at radius 3 is 2.33 bits per heavy atom. The van der Waals surface area contributed by atoms with Gasteiger partial charge in [0.15, 0.2) is 0 Å². The third-order valence-electron chi connectivity index (χ3n) is 4.66. The van der Waals surface area contributed by atoms with Crippen molar-refractivity contribution in [2.24, 2.45) is 0 Å². The summed E-state index contributed by atoms with van der Waals surface area (Å²) in [6.45, 7) is 0. The number of anilines is 2. The van der Waals surface area contributed by atoms with Crippen LogP contribution in [0.4, 0.5) is 15.8 Å². The van der Waals surface area contributed by atoms with Gasteiger partial charge in [-0.15, -0.1) is 0 Å². The molecule has 0 atom stereocenters. The van der Waals surface area contributed by atoms with Crippen LogP contribution >= 0.6 is 11.6 Å². The summed E-state index contributed by atoms with van der Waals surface area (Å²) in [4.78, 5) is 27.7. The minimum absolute atomic E-state index is 0.0937. The van der Waals surface area contributed by atoms with E-state index in [0.29, 0.717) is 17.0 Å². The molecule has 1 N–H and O–H groups in total. The maximum Gasteiger partial charge on any atom is 0.282 e. The van der Waals surface area contributed by atoms with Gasteiger partial charge in [0.05, 0.1) is 23.4 Å². The summed E-state index contributed by atoms with van der Waals surface area (Å²) < 4.78 is 19.0. The van der Waals surface area contributed by atoms with Gasteiger partial charge in [0.2, 0.25) is 0 Å². The SMILES string of the molecule is COc1ccccc1C1=C(Nc2ccccc2)C(=O)N(c2ccc(F)c(Cl)c2)C1=O. The molecule has 1 heterocycles. The van der Waals surface area contributed by atoms with Crippen LogP contribution in [-0.4, -0.2) is 18.9 Å². The van der Waals surface area contributed by atoms with Crippen molar-refractivity contribution in [3.63, 3.8) is 0 Å². The Hall–Kier alpha value is -3.64. The number of nitrogens with zero attached hydrogens (tertiary/aromatic N) is 1. The summed E-state index contributed by atoms with van der Waals surface area (Å²) in [5, 5.41) is 2.87. The zero-order valence-electron chi connectivity index (χ0n) is 15.9. The fourth-order valence-electron chi connectivity index (χ4n) is 3.27. The molecule has 0 aromatic heterocycles. The molecule has 150 valence electrons. The molecule has 1 aliphatic rings. The van der Waals surface area contributed by atoms with Crippen molar-refractivity contribution in [1.82, 2.24) is 0 Å². The molecule has 0 saturated carbocycles. The molecule has 4 rings (SSSR count). The van der Waals surface area contributed by atoms with Crippen LogP contribution in [0.15, 0.2) is 78.5 Å². The topological polar surface area (TPSA) is 58.6 Å². The largest absolute Gasteiger partial charge is 0.496 e. The monoisotopic (exact) mass is 422 g/mol. The lowest BCUT2D eigenvalue weighted by Crippen LogP contribution is -2.32. The summed E-state index contributed by atoms with van der Waals surface area (Å²) in [6, 6.07) is 19.6. The normalized spacial score (nSPS) is 13.8. The van der Waals surface area contributed by atoms with E-state index in [0.717, 1.165) is 11.0 Å². The van der Waals surface area contributed by atoms with Gasteiger partial charge < -0.3 is 10.1 Å². The van der Waals surface area contributed by atoms with Gasteiger partial charge in [0.1, 0.15) is 17.3 Å². The molecule has 30 heavy (non-hydrogen) atoms. The Morgan fingerprint density at radius 2 is 1.63 bits per heavy atom. The maximum atomic E-state index is 13.6. The first-order valence-electron chi connectivity index (χ1n) is 9.05. The summed E-state index contributed by atoms with van der Waals surface area (Å²) >= 11 is 5.88. The van der Waals surface area contributed by atoms with Crippen molar-refractivity contribution in [1.29, 1.82) is 0 Å². The van der Waals surface area contributed by atoms with Crippen molar-refractivity contribution in [3.8, 4) is 5.75 Å². The van der Waals surface area contributed by atoms with E-state index in [1.165, 1.54) is 19.2 Å². The Labute approximate surface area is 177 Å². The van der Waals surface area contributed by atoms with E-state index in [9.17, 15) is 14.0 Å². The van der Waals surface area contributed by atoms with Gasteiger partial charge in [-0.05, 0) is 36.4 Å². The molecule has 0 fully saturated rings. The van der Waals surface area contributed by atoms with Crippen LogP contribution in [0.3, 0.4) is 0 Å². The number of imide groups is 1. The standard InChI is InChI=1S/C23H16ClFN2O3/c1-30-19-10-6-5-9-16(19)20-21(26-14-7-3-2-4-8-14)23(29)27(22(20)28)15-11-12-18(25)17(24)13-15/h2-13,26H,1H3. The molecule has 0 bridgehead atoms. The second-order valence-electron chi connectivity index (χ2n) is 6.49. The molecule has 1 aliphatic heterocycles. The number of hydrogen-bond donors (Lipinski definition) is 1. The van der Waals surface area contributed by atoms with Gasteiger partial charge in [0.25, 0.3) is 11.8 Å². The molecule has 0 radical (unpaired) electrons. The molecule has 7 heteroatoms. The number of para-hydroxylation sites is 2. The lowest BCUT2D eigenvalue weighted by atomic mass is 10.0. The van der Waals surface area contributed by atoms with Crippen molar-refractivity contribution in [3.05, 3.63) is 94.9 Å². The average molecular weight is 423 g/mol. The number of halogens is 2. The van der Waals surface area contributed by atoms with Gasteiger partial charge in [-0.3, -0.25) is 9.59 Å². The van der Waals surface area contributed by atoms with E-state index in [-0.39, 0.29) is 22.0 Å². The molecule has 0 spiro atoms. The van der Waals surface area contributed by atoms with E-state index < -0.39 is 17.6 Å². The summed E-state index contributed by atoms with van der Waals surface area (Å²) in [5.74, 6) is -1.34. The minimum Gasteiger partial charge on any atom is -0.496 e. The number of carbonyl (C=O) groups is 2. The molecule has 3 aromatic carbocycles. The third-order valence-corrected chi connectivity index (χ3v) is 4.95. The Bertz CT molecular complexity index is 1180. The van der Waals surface area contributed by atoms with Crippen LogP contribution in [0.2, 0.25) is 5.02 Å². The molecule has 0 saturated heterocycles. The minimum atomic E-state index is -0.639. The zero-order valence-corrected chi connectivity index (χ0v) is 16.6. The summed E-state index contributed by atoms with van der Waals surface area (Å²) in [7, 11) is 1.49. The first-order chi connectivity index (χ1) is 14.5. The van der Waals surface area contributed by atoms with Gasteiger partial charge in [0, 0.05) is 11.3 Å². The van der Waals surface area contributed by atoms with Crippen LogP contribution in [-0.2, 0) is 9.59 Å². The van der Waals surface area contributed by atoms with Gasteiger partial charge in [-0.2, -0.15) is 0 Å². The Balaban J connectivity index is 1.87. The van der Waals surface area contributed by atoms with Crippen molar-refractivity contribution < 1.29 is 18.7 Å². The lowest BCUT2D eigenvalue weighted by molar-refractivity contribution is -0.120. The van der Waals surface area contributed by atoms with Crippen LogP contribution in [0.1, 0.15) is 5.56 Å². The van der Waals surface area contributed by atoms with Gasteiger partial charge >= 0.3 is 0 Å². The van der Waals surface area contributed by atoms with E-state index in [4.69, 9.17) is 16.3 Å². The highest BCUT2D eigenvalue weighted by Gasteiger charge is 2.41. The number of carbonyl (C=O) groups excluding carboxylic acids is 2. The predicted octanol–water partition coefficient (Wildman–Crippen LogP) is 4.88. The van der Waals surface area contributed by atoms with Gasteiger partial charge in [-0.25, -0.2) is 9.29 Å². The maximum absolute atomic E-state index is 13.6. The quantitative estimate of drug-likeness (QED) is 0.595. The number of benzene rings is 3. The number of methoxy groups -OCH3 is 1. The number of rotatable bonds is 5. The molecule has 2 amide bonds. The van der Waals surface area contributed by atoms with Crippen molar-refractivity contribution >= 4 is 40.4 Å². The molecule has 3 aromatic rings. The first-order valence-corrected chi connectivity index (χ1v) is 9.42. The third kappa shape index (κ3) is 3.42. The zero-order chi connectivity index (χ0) is 21.3. The second kappa shape index (κ2) is 8.00. The van der Waals surface area contributed by atoms with Crippen LogP contribution < -0.4 is 15.0 Å². The fraction of sp³-hybridized carbons (Fsp3) is 0.0435.